The predicted octanol–water partition coefficient (Wildman–Crippen LogP) is 1.68. The number of para-hydroxylation sites is 1. The quantitative estimate of drug-likeness (QED) is 0.790. The van der Waals surface area contributed by atoms with Crippen molar-refractivity contribution in [2.75, 3.05) is 26.2 Å². The number of carbonyl (C=O) groups excluding carboxylic acids is 1. The van der Waals surface area contributed by atoms with Crippen LogP contribution >= 0.6 is 0 Å². The number of esters is 1. The zero-order valence-electron chi connectivity index (χ0n) is 12.9. The third-order valence-electron chi connectivity index (χ3n) is 5.34. The van der Waals surface area contributed by atoms with E-state index in [2.05, 4.69) is 10.00 Å². The van der Waals surface area contributed by atoms with Gasteiger partial charge in [0.05, 0.1) is 6.54 Å². The van der Waals surface area contributed by atoms with Crippen LogP contribution in [0.15, 0.2) is 18.2 Å². The van der Waals surface area contributed by atoms with Crippen LogP contribution in [0, 0.1) is 5.92 Å². The molecule has 4 aliphatic rings. The molecule has 0 saturated carbocycles. The molecule has 6 heteroatoms. The van der Waals surface area contributed by atoms with Gasteiger partial charge >= 0.3 is 5.97 Å². The molecule has 0 spiro atoms. The van der Waals surface area contributed by atoms with Crippen molar-refractivity contribution in [1.82, 2.24) is 14.7 Å². The van der Waals surface area contributed by atoms with E-state index in [1.165, 1.54) is 0 Å². The summed E-state index contributed by atoms with van der Waals surface area (Å²) < 4.78 is 13.4. The Morgan fingerprint density at radius 1 is 1.26 bits per heavy atom. The van der Waals surface area contributed by atoms with Crippen molar-refractivity contribution in [1.29, 1.82) is 0 Å². The number of hydrogen-bond acceptors (Lipinski definition) is 5. The normalized spacial score (nSPS) is 28.6. The third-order valence-corrected chi connectivity index (χ3v) is 5.34. The monoisotopic (exact) mass is 313 g/mol. The van der Waals surface area contributed by atoms with Crippen molar-refractivity contribution in [3.63, 3.8) is 0 Å². The first-order chi connectivity index (χ1) is 11.3. The molecule has 2 bridgehead atoms. The highest BCUT2D eigenvalue weighted by Crippen LogP contribution is 2.33. The molecule has 1 atom stereocenters. The molecule has 120 valence electrons. The molecule has 5 heterocycles. The van der Waals surface area contributed by atoms with E-state index in [9.17, 15) is 4.79 Å². The summed E-state index contributed by atoms with van der Waals surface area (Å²) in [5.41, 5.74) is 1.32. The summed E-state index contributed by atoms with van der Waals surface area (Å²) in [5.74, 6) is 1.00. The van der Waals surface area contributed by atoms with Gasteiger partial charge in [-0.15, -0.1) is 0 Å². The molecule has 23 heavy (non-hydrogen) atoms. The van der Waals surface area contributed by atoms with E-state index in [1.807, 2.05) is 22.9 Å². The van der Waals surface area contributed by atoms with E-state index < -0.39 is 0 Å². The third kappa shape index (κ3) is 2.05. The fourth-order valence-corrected chi connectivity index (χ4v) is 4.11. The molecular weight excluding hydrogens is 294 g/mol. The molecule has 1 aromatic carbocycles. The van der Waals surface area contributed by atoms with Crippen molar-refractivity contribution < 1.29 is 14.3 Å². The average molecular weight is 313 g/mol. The van der Waals surface area contributed by atoms with Crippen molar-refractivity contribution in [2.24, 2.45) is 5.92 Å². The lowest BCUT2D eigenvalue weighted by molar-refractivity contribution is -0.0458. The smallest absolute Gasteiger partial charge is 0.359 e. The first-order valence-corrected chi connectivity index (χ1v) is 8.35. The number of rotatable bonds is 2. The predicted molar refractivity (Wildman–Crippen MR) is 83.6 cm³/mol. The van der Waals surface area contributed by atoms with Gasteiger partial charge in [-0.1, -0.05) is 12.1 Å². The van der Waals surface area contributed by atoms with Crippen LogP contribution in [0.3, 0.4) is 0 Å². The largest absolute Gasteiger partial charge is 0.489 e. The fraction of sp³-hybridized carbons (Fsp3) is 0.529. The van der Waals surface area contributed by atoms with Crippen molar-refractivity contribution in [3.8, 4) is 5.75 Å². The van der Waals surface area contributed by atoms with Crippen LogP contribution in [0.2, 0.25) is 0 Å². The Labute approximate surface area is 134 Å². The van der Waals surface area contributed by atoms with E-state index in [4.69, 9.17) is 9.47 Å². The van der Waals surface area contributed by atoms with Crippen molar-refractivity contribution in [3.05, 3.63) is 23.9 Å². The summed E-state index contributed by atoms with van der Waals surface area (Å²) in [5, 5.41) is 5.32. The van der Waals surface area contributed by atoms with E-state index in [1.54, 1.807) is 0 Å². The molecule has 2 aromatic rings. The van der Waals surface area contributed by atoms with E-state index in [-0.39, 0.29) is 12.1 Å². The van der Waals surface area contributed by atoms with Gasteiger partial charge in [-0.05, 0) is 37.9 Å². The zero-order valence-corrected chi connectivity index (χ0v) is 12.9. The summed E-state index contributed by atoms with van der Waals surface area (Å²) in [6, 6.07) is 5.74. The minimum absolute atomic E-state index is 0.00904. The highest BCUT2D eigenvalue weighted by atomic mass is 16.5. The maximum Gasteiger partial charge on any atom is 0.359 e. The molecular formula is C17H19N3O3. The molecule has 4 aliphatic heterocycles. The summed E-state index contributed by atoms with van der Waals surface area (Å²) >= 11 is 0. The van der Waals surface area contributed by atoms with Crippen LogP contribution in [0.25, 0.3) is 10.9 Å². The standard InChI is InChI=1S/C17H19N3O3/c21-17(23-14-10-19-6-4-11(14)5-7-19)15-12-2-1-3-13-16(12)20(18-15)8-9-22-13/h1-3,11,14H,4-10H2. The number of ether oxygens (including phenoxy) is 2. The van der Waals surface area contributed by atoms with E-state index in [0.29, 0.717) is 24.8 Å². The van der Waals surface area contributed by atoms with Crippen LogP contribution in [0.4, 0.5) is 0 Å². The van der Waals surface area contributed by atoms with Gasteiger partial charge in [-0.25, -0.2) is 4.79 Å². The maximum absolute atomic E-state index is 12.7. The number of aromatic nitrogens is 2. The van der Waals surface area contributed by atoms with Crippen LogP contribution in [-0.2, 0) is 11.3 Å². The molecule has 0 radical (unpaired) electrons. The Bertz CT molecular complexity index is 777. The first kappa shape index (κ1) is 13.4. The lowest BCUT2D eigenvalue weighted by Gasteiger charge is -2.43. The number of hydrogen-bond donors (Lipinski definition) is 0. The lowest BCUT2D eigenvalue weighted by Crippen LogP contribution is -2.51. The van der Waals surface area contributed by atoms with Gasteiger partial charge in [-0.2, -0.15) is 5.10 Å². The van der Waals surface area contributed by atoms with Crippen LogP contribution in [0.5, 0.6) is 5.75 Å². The molecule has 1 aromatic heterocycles. The highest BCUT2D eigenvalue weighted by molar-refractivity contribution is 6.04. The number of nitrogens with zero attached hydrogens (tertiary/aromatic N) is 3. The number of piperidine rings is 3. The van der Waals surface area contributed by atoms with Gasteiger partial charge in [0, 0.05) is 11.9 Å². The molecule has 0 amide bonds. The molecule has 1 unspecified atom stereocenters. The summed E-state index contributed by atoms with van der Waals surface area (Å²) in [6.07, 6.45) is 2.27. The Kier molecular flexibility index (Phi) is 2.88. The molecule has 3 fully saturated rings. The topological polar surface area (TPSA) is 56.6 Å². The SMILES string of the molecule is O=C(OC1CN2CCC1CC2)c1nn2c3c(cccc13)OCC2. The molecule has 0 N–H and O–H groups in total. The fourth-order valence-electron chi connectivity index (χ4n) is 4.11. The van der Waals surface area contributed by atoms with E-state index >= 15 is 0 Å². The van der Waals surface area contributed by atoms with Gasteiger partial charge in [0.1, 0.15) is 24.0 Å². The van der Waals surface area contributed by atoms with Crippen molar-refractivity contribution >= 4 is 16.9 Å². The molecule has 6 nitrogen and oxygen atoms in total. The molecule has 3 saturated heterocycles. The second-order valence-electron chi connectivity index (χ2n) is 6.65. The lowest BCUT2D eigenvalue weighted by atomic mass is 9.86. The number of carbonyl (C=O) groups is 1. The van der Waals surface area contributed by atoms with Crippen molar-refractivity contribution in [2.45, 2.75) is 25.5 Å². The summed E-state index contributed by atoms with van der Waals surface area (Å²) in [6.45, 7) is 4.39. The molecule has 6 rings (SSSR count). The average Bonchev–Trinajstić information content (AvgIpc) is 2.97. The Morgan fingerprint density at radius 2 is 2.13 bits per heavy atom. The van der Waals surface area contributed by atoms with Gasteiger partial charge in [0.15, 0.2) is 5.69 Å². The highest BCUT2D eigenvalue weighted by Gasteiger charge is 2.37. The van der Waals surface area contributed by atoms with Gasteiger partial charge in [-0.3, -0.25) is 9.58 Å². The van der Waals surface area contributed by atoms with Crippen LogP contribution in [-0.4, -0.2) is 53.0 Å². The van der Waals surface area contributed by atoms with Gasteiger partial charge in [0.25, 0.3) is 0 Å². The second-order valence-corrected chi connectivity index (χ2v) is 6.65. The Morgan fingerprint density at radius 3 is 2.91 bits per heavy atom. The summed E-state index contributed by atoms with van der Waals surface area (Å²) in [4.78, 5) is 15.1. The van der Waals surface area contributed by atoms with Crippen LogP contribution < -0.4 is 4.74 Å². The van der Waals surface area contributed by atoms with E-state index in [0.717, 1.165) is 49.1 Å². The van der Waals surface area contributed by atoms with Gasteiger partial charge < -0.3 is 9.47 Å². The first-order valence-electron chi connectivity index (χ1n) is 8.35. The Balaban J connectivity index is 1.47. The Hall–Kier alpha value is -2.08. The number of benzene rings is 1. The maximum atomic E-state index is 12.7. The summed E-state index contributed by atoms with van der Waals surface area (Å²) in [7, 11) is 0. The van der Waals surface area contributed by atoms with Crippen LogP contribution in [0.1, 0.15) is 23.3 Å². The minimum atomic E-state index is -0.299. The zero-order chi connectivity index (χ0) is 15.4. The minimum Gasteiger partial charge on any atom is -0.489 e. The number of fused-ring (bicyclic) bond motifs is 3. The van der Waals surface area contributed by atoms with Gasteiger partial charge in [0.2, 0.25) is 0 Å². The molecule has 0 aliphatic carbocycles. The second kappa shape index (κ2) is 4.96.